The first-order valence-corrected chi connectivity index (χ1v) is 12.3. The molecule has 1 N–H and O–H groups in total. The van der Waals surface area contributed by atoms with Crippen LogP contribution in [0.25, 0.3) is 10.9 Å². The van der Waals surface area contributed by atoms with Gasteiger partial charge in [-0.15, -0.1) is 11.8 Å². The van der Waals surface area contributed by atoms with E-state index in [1.807, 2.05) is 79.7 Å². The van der Waals surface area contributed by atoms with Gasteiger partial charge in [-0.3, -0.25) is 4.99 Å². The number of hydrogen-bond donors (Lipinski definition) is 1. The van der Waals surface area contributed by atoms with Crippen molar-refractivity contribution in [3.63, 3.8) is 0 Å². The van der Waals surface area contributed by atoms with Gasteiger partial charge in [-0.25, -0.2) is 4.79 Å². The minimum atomic E-state index is -0.657. The Hall–Kier alpha value is -3.31. The molecule has 1 unspecified atom stereocenters. The summed E-state index contributed by atoms with van der Waals surface area (Å²) in [6.07, 6.45) is 0.467. The number of hydrogen-bond acceptors (Lipinski definition) is 4. The van der Waals surface area contributed by atoms with Gasteiger partial charge >= 0.3 is 5.97 Å². The molecule has 4 nitrogen and oxygen atoms in total. The summed E-state index contributed by atoms with van der Waals surface area (Å²) < 4.78 is 5.47. The second kappa shape index (κ2) is 11.0. The van der Waals surface area contributed by atoms with Crippen LogP contribution in [0.1, 0.15) is 30.5 Å². The average molecular weight is 457 g/mol. The molecule has 3 aromatic carbocycles. The highest BCUT2D eigenvalue weighted by molar-refractivity contribution is 7.99. The number of carbonyl (C=O) groups excluding carboxylic acids is 1. The van der Waals surface area contributed by atoms with Crippen LogP contribution in [0.4, 0.5) is 0 Å². The van der Waals surface area contributed by atoms with Gasteiger partial charge in [0.25, 0.3) is 0 Å². The van der Waals surface area contributed by atoms with Crippen LogP contribution in [-0.4, -0.2) is 35.1 Å². The van der Waals surface area contributed by atoms with Crippen molar-refractivity contribution in [3.05, 3.63) is 102 Å². The summed E-state index contributed by atoms with van der Waals surface area (Å²) in [6, 6.07) is 27.6. The van der Waals surface area contributed by atoms with E-state index in [1.54, 1.807) is 11.8 Å². The predicted octanol–water partition coefficient (Wildman–Crippen LogP) is 6.29. The van der Waals surface area contributed by atoms with E-state index in [1.165, 1.54) is 0 Å². The minimum Gasteiger partial charge on any atom is -0.464 e. The van der Waals surface area contributed by atoms with Crippen molar-refractivity contribution in [3.8, 4) is 0 Å². The molecule has 168 valence electrons. The molecule has 1 atom stereocenters. The van der Waals surface area contributed by atoms with E-state index >= 15 is 0 Å². The van der Waals surface area contributed by atoms with Crippen molar-refractivity contribution in [1.82, 2.24) is 4.98 Å². The van der Waals surface area contributed by atoms with Gasteiger partial charge in [-0.2, -0.15) is 0 Å². The molecular formula is C28H28N2O2S. The third-order valence-electron chi connectivity index (χ3n) is 5.40. The molecule has 5 heteroatoms. The first-order chi connectivity index (χ1) is 16.2. The van der Waals surface area contributed by atoms with Crippen LogP contribution in [0.5, 0.6) is 0 Å². The summed E-state index contributed by atoms with van der Waals surface area (Å²) in [6.45, 7) is 4.28. The Morgan fingerprint density at radius 2 is 1.52 bits per heavy atom. The van der Waals surface area contributed by atoms with Crippen LogP contribution in [0.3, 0.4) is 0 Å². The van der Waals surface area contributed by atoms with Crippen LogP contribution in [0, 0.1) is 0 Å². The molecule has 0 saturated heterocycles. The summed E-state index contributed by atoms with van der Waals surface area (Å²) in [5.74, 6) is 0.631. The van der Waals surface area contributed by atoms with Crippen LogP contribution >= 0.6 is 11.8 Å². The molecule has 0 amide bonds. The minimum absolute atomic E-state index is 0.306. The number of ether oxygens (including phenoxy) is 1. The summed E-state index contributed by atoms with van der Waals surface area (Å²) in [5.41, 5.74) is 4.92. The lowest BCUT2D eigenvalue weighted by Crippen LogP contribution is -2.26. The zero-order valence-corrected chi connectivity index (χ0v) is 19.8. The van der Waals surface area contributed by atoms with E-state index in [0.717, 1.165) is 44.1 Å². The maximum atomic E-state index is 13.1. The molecule has 0 bridgehead atoms. The Kier molecular flexibility index (Phi) is 7.63. The number of aliphatic imine (C=N–C) groups is 1. The van der Waals surface area contributed by atoms with Gasteiger partial charge in [-0.05, 0) is 24.3 Å². The molecule has 0 aliphatic carbocycles. The van der Waals surface area contributed by atoms with Crippen molar-refractivity contribution in [2.45, 2.75) is 31.3 Å². The molecule has 1 heterocycles. The highest BCUT2D eigenvalue weighted by atomic mass is 32.2. The van der Waals surface area contributed by atoms with Gasteiger partial charge in [0.2, 0.25) is 0 Å². The first kappa shape index (κ1) is 22.9. The number of fused-ring (bicyclic) bond motifs is 1. The number of rotatable bonds is 9. The predicted molar refractivity (Wildman–Crippen MR) is 137 cm³/mol. The van der Waals surface area contributed by atoms with Gasteiger partial charge in [0.1, 0.15) is 0 Å². The normalized spacial score (nSPS) is 11.8. The number of benzene rings is 3. The van der Waals surface area contributed by atoms with Crippen molar-refractivity contribution in [1.29, 1.82) is 0 Å². The van der Waals surface area contributed by atoms with Crippen molar-refractivity contribution >= 4 is 34.3 Å². The Morgan fingerprint density at radius 3 is 2.12 bits per heavy atom. The smallest absolute Gasteiger partial charge is 0.331 e. The second-order valence-electron chi connectivity index (χ2n) is 7.59. The van der Waals surface area contributed by atoms with Crippen LogP contribution in [0.2, 0.25) is 0 Å². The Balaban J connectivity index is 1.82. The number of aromatic amines is 1. The summed E-state index contributed by atoms with van der Waals surface area (Å²) in [4.78, 5) is 21.7. The number of carbonyl (C=O) groups is 1. The number of esters is 1. The Labute approximate surface area is 199 Å². The van der Waals surface area contributed by atoms with E-state index in [2.05, 4.69) is 24.0 Å². The van der Waals surface area contributed by atoms with E-state index in [4.69, 9.17) is 9.73 Å². The number of nitrogens with one attached hydrogen (secondary N) is 1. The second-order valence-corrected chi connectivity index (χ2v) is 8.87. The molecule has 4 aromatic rings. The fraction of sp³-hybridized carbons (Fsp3) is 0.214. The third kappa shape index (κ3) is 5.37. The summed E-state index contributed by atoms with van der Waals surface area (Å²) in [7, 11) is 0. The van der Waals surface area contributed by atoms with Crippen LogP contribution in [-0.2, 0) is 16.0 Å². The topological polar surface area (TPSA) is 54.5 Å². The van der Waals surface area contributed by atoms with E-state index < -0.39 is 6.04 Å². The lowest BCUT2D eigenvalue weighted by molar-refractivity contribution is -0.144. The van der Waals surface area contributed by atoms with Gasteiger partial charge in [0, 0.05) is 28.5 Å². The maximum Gasteiger partial charge on any atom is 0.331 e. The fourth-order valence-electron chi connectivity index (χ4n) is 3.92. The molecule has 1 aromatic heterocycles. The monoisotopic (exact) mass is 456 g/mol. The quantitative estimate of drug-likeness (QED) is 0.183. The largest absolute Gasteiger partial charge is 0.464 e. The molecule has 0 fully saturated rings. The molecule has 0 radical (unpaired) electrons. The SMILES string of the molecule is CCOC(=O)C(Cc1c(SCC)[nH]c2ccccc12)N=C(c1ccccc1)c1ccccc1. The lowest BCUT2D eigenvalue weighted by atomic mass is 10.0. The van der Waals surface area contributed by atoms with Crippen molar-refractivity contribution in [2.24, 2.45) is 4.99 Å². The highest BCUT2D eigenvalue weighted by Gasteiger charge is 2.25. The van der Waals surface area contributed by atoms with E-state index in [0.29, 0.717) is 13.0 Å². The molecule has 0 saturated carbocycles. The van der Waals surface area contributed by atoms with Crippen molar-refractivity contribution < 1.29 is 9.53 Å². The Morgan fingerprint density at radius 1 is 0.909 bits per heavy atom. The van der Waals surface area contributed by atoms with Crippen LogP contribution in [0.15, 0.2) is 94.9 Å². The van der Waals surface area contributed by atoms with Gasteiger partial charge in [0.15, 0.2) is 6.04 Å². The van der Waals surface area contributed by atoms with Gasteiger partial charge in [-0.1, -0.05) is 85.8 Å². The van der Waals surface area contributed by atoms with E-state index in [-0.39, 0.29) is 5.97 Å². The number of thioether (sulfide) groups is 1. The molecule has 0 aliphatic rings. The lowest BCUT2D eigenvalue weighted by Gasteiger charge is -2.16. The zero-order chi connectivity index (χ0) is 23.0. The molecular weight excluding hydrogens is 428 g/mol. The third-order valence-corrected chi connectivity index (χ3v) is 6.32. The zero-order valence-electron chi connectivity index (χ0n) is 19.0. The Bertz CT molecular complexity index is 1190. The number of H-pyrrole nitrogens is 1. The van der Waals surface area contributed by atoms with Crippen LogP contribution < -0.4 is 0 Å². The maximum absolute atomic E-state index is 13.1. The molecule has 0 spiro atoms. The summed E-state index contributed by atoms with van der Waals surface area (Å²) in [5, 5.41) is 2.21. The summed E-state index contributed by atoms with van der Waals surface area (Å²) >= 11 is 1.75. The molecule has 4 rings (SSSR count). The molecule has 0 aliphatic heterocycles. The fourth-order valence-corrected chi connectivity index (χ4v) is 4.76. The van der Waals surface area contributed by atoms with Crippen molar-refractivity contribution in [2.75, 3.05) is 12.4 Å². The molecule has 33 heavy (non-hydrogen) atoms. The standard InChI is InChI=1S/C28H28N2O2S/c1-3-32-28(31)25(19-23-22-17-11-12-18-24(22)30-27(23)33-4-2)29-26(20-13-7-5-8-14-20)21-15-9-6-10-16-21/h5-18,25,30H,3-4,19H2,1-2H3. The van der Waals surface area contributed by atoms with E-state index in [9.17, 15) is 4.79 Å². The average Bonchev–Trinajstić information content (AvgIpc) is 3.20. The first-order valence-electron chi connectivity index (χ1n) is 11.3. The number of aromatic nitrogens is 1. The number of para-hydroxylation sites is 1. The van der Waals surface area contributed by atoms with Gasteiger partial charge < -0.3 is 9.72 Å². The highest BCUT2D eigenvalue weighted by Crippen LogP contribution is 2.31. The number of nitrogens with zero attached hydrogens (tertiary/aromatic N) is 1. The van der Waals surface area contributed by atoms with Gasteiger partial charge in [0.05, 0.1) is 17.3 Å².